The normalized spacial score (nSPS) is 13.2. The van der Waals surface area contributed by atoms with Gasteiger partial charge < -0.3 is 10.1 Å². The topological polar surface area (TPSA) is 21.3 Å². The third-order valence-electron chi connectivity index (χ3n) is 3.82. The van der Waals surface area contributed by atoms with Crippen molar-refractivity contribution < 1.29 is 4.74 Å². The highest BCUT2D eigenvalue weighted by Gasteiger charge is 2.12. The summed E-state index contributed by atoms with van der Waals surface area (Å²) < 4.78 is 5.55. The van der Waals surface area contributed by atoms with E-state index in [0.717, 1.165) is 25.3 Å². The van der Waals surface area contributed by atoms with Crippen LogP contribution in [-0.4, -0.2) is 6.61 Å². The summed E-state index contributed by atoms with van der Waals surface area (Å²) in [5.41, 5.74) is 5.26. The van der Waals surface area contributed by atoms with E-state index in [4.69, 9.17) is 4.74 Å². The Morgan fingerprint density at radius 3 is 2.85 bits per heavy atom. The van der Waals surface area contributed by atoms with Crippen LogP contribution in [0.1, 0.15) is 36.5 Å². The van der Waals surface area contributed by atoms with Gasteiger partial charge in [-0.25, -0.2) is 0 Å². The van der Waals surface area contributed by atoms with Gasteiger partial charge in [-0.05, 0) is 34.7 Å². The largest absolute Gasteiger partial charge is 0.493 e. The van der Waals surface area contributed by atoms with Crippen molar-refractivity contribution in [3.05, 3.63) is 59.2 Å². The highest BCUT2D eigenvalue weighted by atomic mass is 16.5. The minimum absolute atomic E-state index is 0.534. The van der Waals surface area contributed by atoms with Gasteiger partial charge >= 0.3 is 0 Å². The van der Waals surface area contributed by atoms with E-state index >= 15 is 0 Å². The first kappa shape index (κ1) is 13.0. The van der Waals surface area contributed by atoms with Crippen LogP contribution in [0.3, 0.4) is 0 Å². The molecular formula is C18H21NO. The summed E-state index contributed by atoms with van der Waals surface area (Å²) in [6.45, 7) is 6.14. The van der Waals surface area contributed by atoms with Gasteiger partial charge in [0.1, 0.15) is 5.75 Å². The van der Waals surface area contributed by atoms with Gasteiger partial charge in [0.25, 0.3) is 0 Å². The second-order valence-electron chi connectivity index (χ2n) is 5.64. The number of nitrogens with one attached hydrogen (secondary N) is 1. The van der Waals surface area contributed by atoms with Crippen LogP contribution in [0.2, 0.25) is 0 Å². The fourth-order valence-corrected chi connectivity index (χ4v) is 2.71. The molecule has 0 fully saturated rings. The Morgan fingerprint density at radius 1 is 1.15 bits per heavy atom. The average Bonchev–Trinajstić information content (AvgIpc) is 2.92. The molecule has 0 aromatic heterocycles. The van der Waals surface area contributed by atoms with Gasteiger partial charge in [-0.1, -0.05) is 44.2 Å². The maximum Gasteiger partial charge on any atom is 0.122 e. The average molecular weight is 267 g/mol. The number of hydrogen-bond donors (Lipinski definition) is 1. The molecule has 20 heavy (non-hydrogen) atoms. The van der Waals surface area contributed by atoms with Gasteiger partial charge in [-0.15, -0.1) is 0 Å². The number of anilines is 1. The maximum atomic E-state index is 5.55. The second kappa shape index (κ2) is 5.58. The van der Waals surface area contributed by atoms with Crippen LogP contribution in [0.25, 0.3) is 0 Å². The van der Waals surface area contributed by atoms with Crippen LogP contribution in [0.15, 0.2) is 42.5 Å². The van der Waals surface area contributed by atoms with Crippen molar-refractivity contribution in [2.24, 2.45) is 0 Å². The maximum absolute atomic E-state index is 5.55. The fraction of sp³-hybridized carbons (Fsp3) is 0.333. The lowest BCUT2D eigenvalue weighted by molar-refractivity contribution is 0.357. The second-order valence-corrected chi connectivity index (χ2v) is 5.64. The number of para-hydroxylation sites is 1. The smallest absolute Gasteiger partial charge is 0.122 e. The molecule has 1 heterocycles. The van der Waals surface area contributed by atoms with Crippen molar-refractivity contribution in [2.45, 2.75) is 32.7 Å². The van der Waals surface area contributed by atoms with E-state index in [1.54, 1.807) is 0 Å². The third kappa shape index (κ3) is 2.64. The quantitative estimate of drug-likeness (QED) is 0.888. The van der Waals surface area contributed by atoms with Gasteiger partial charge in [0.05, 0.1) is 6.61 Å². The lowest BCUT2D eigenvalue weighted by Gasteiger charge is -2.14. The van der Waals surface area contributed by atoms with E-state index in [0.29, 0.717) is 5.92 Å². The molecule has 0 unspecified atom stereocenters. The molecule has 1 N–H and O–H groups in total. The van der Waals surface area contributed by atoms with Crippen LogP contribution < -0.4 is 10.1 Å². The van der Waals surface area contributed by atoms with Gasteiger partial charge in [0.15, 0.2) is 0 Å². The zero-order valence-electron chi connectivity index (χ0n) is 12.1. The van der Waals surface area contributed by atoms with Crippen LogP contribution >= 0.6 is 0 Å². The standard InChI is InChI=1S/C18H21NO/c1-13(2)16-5-3-4-6-17(16)19-12-14-7-8-18-15(11-14)9-10-20-18/h3-8,11,13,19H,9-10,12H2,1-2H3. The van der Waals surface area contributed by atoms with Crippen LogP contribution in [0, 0.1) is 0 Å². The van der Waals surface area contributed by atoms with E-state index < -0.39 is 0 Å². The lowest BCUT2D eigenvalue weighted by Crippen LogP contribution is -2.03. The van der Waals surface area contributed by atoms with Gasteiger partial charge in [0, 0.05) is 18.7 Å². The Hall–Kier alpha value is -1.96. The summed E-state index contributed by atoms with van der Waals surface area (Å²) >= 11 is 0. The number of ether oxygens (including phenoxy) is 1. The molecule has 1 aliphatic rings. The molecule has 2 aromatic carbocycles. The van der Waals surface area contributed by atoms with Crippen molar-refractivity contribution in [3.8, 4) is 5.75 Å². The highest BCUT2D eigenvalue weighted by molar-refractivity contribution is 5.53. The molecule has 2 aromatic rings. The number of rotatable bonds is 4. The Morgan fingerprint density at radius 2 is 2.00 bits per heavy atom. The summed E-state index contributed by atoms with van der Waals surface area (Å²) in [4.78, 5) is 0. The molecule has 104 valence electrons. The zero-order valence-corrected chi connectivity index (χ0v) is 12.1. The molecule has 0 bridgehead atoms. The first-order chi connectivity index (χ1) is 9.74. The minimum Gasteiger partial charge on any atom is -0.493 e. The summed E-state index contributed by atoms with van der Waals surface area (Å²) in [6.07, 6.45) is 1.03. The van der Waals surface area contributed by atoms with Crippen LogP contribution in [0.4, 0.5) is 5.69 Å². The molecule has 2 nitrogen and oxygen atoms in total. The Bertz CT molecular complexity index is 604. The molecule has 0 aliphatic carbocycles. The van der Waals surface area contributed by atoms with E-state index in [1.165, 1.54) is 22.4 Å². The van der Waals surface area contributed by atoms with Crippen molar-refractivity contribution in [2.75, 3.05) is 11.9 Å². The minimum atomic E-state index is 0.534. The van der Waals surface area contributed by atoms with Crippen molar-refractivity contribution in [1.29, 1.82) is 0 Å². The zero-order chi connectivity index (χ0) is 13.9. The summed E-state index contributed by atoms with van der Waals surface area (Å²) in [7, 11) is 0. The first-order valence-electron chi connectivity index (χ1n) is 7.31. The highest BCUT2D eigenvalue weighted by Crippen LogP contribution is 2.27. The van der Waals surface area contributed by atoms with Crippen LogP contribution in [0.5, 0.6) is 5.75 Å². The summed E-state index contributed by atoms with van der Waals surface area (Å²) in [6, 6.07) is 15.0. The predicted octanol–water partition coefficient (Wildman–Crippen LogP) is 4.36. The fourth-order valence-electron chi connectivity index (χ4n) is 2.71. The number of fused-ring (bicyclic) bond motifs is 1. The van der Waals surface area contributed by atoms with Crippen molar-refractivity contribution in [1.82, 2.24) is 0 Å². The summed E-state index contributed by atoms with van der Waals surface area (Å²) in [5.74, 6) is 1.59. The van der Waals surface area contributed by atoms with Crippen molar-refractivity contribution in [3.63, 3.8) is 0 Å². The SMILES string of the molecule is CC(C)c1ccccc1NCc1ccc2c(c1)CCO2. The monoisotopic (exact) mass is 267 g/mol. The first-order valence-corrected chi connectivity index (χ1v) is 7.31. The van der Waals surface area contributed by atoms with Crippen LogP contribution in [-0.2, 0) is 13.0 Å². The third-order valence-corrected chi connectivity index (χ3v) is 3.82. The molecule has 2 heteroatoms. The van der Waals surface area contributed by atoms with Gasteiger partial charge in [0.2, 0.25) is 0 Å². The van der Waals surface area contributed by atoms with Gasteiger partial charge in [-0.3, -0.25) is 0 Å². The van der Waals surface area contributed by atoms with E-state index in [-0.39, 0.29) is 0 Å². The molecule has 3 rings (SSSR count). The molecule has 1 aliphatic heterocycles. The molecule has 0 spiro atoms. The van der Waals surface area contributed by atoms with E-state index in [2.05, 4.69) is 61.6 Å². The Kier molecular flexibility index (Phi) is 3.64. The Balaban J connectivity index is 1.74. The lowest BCUT2D eigenvalue weighted by atomic mass is 10.0. The van der Waals surface area contributed by atoms with Crippen molar-refractivity contribution >= 4 is 5.69 Å². The summed E-state index contributed by atoms with van der Waals surface area (Å²) in [5, 5.41) is 3.56. The molecule has 0 saturated heterocycles. The molecular weight excluding hydrogens is 246 g/mol. The number of hydrogen-bond acceptors (Lipinski definition) is 2. The molecule has 0 atom stereocenters. The molecule has 0 amide bonds. The predicted molar refractivity (Wildman–Crippen MR) is 83.5 cm³/mol. The van der Waals surface area contributed by atoms with Gasteiger partial charge in [-0.2, -0.15) is 0 Å². The van der Waals surface area contributed by atoms with E-state index in [1.807, 2.05) is 0 Å². The molecule has 0 radical (unpaired) electrons. The molecule has 0 saturated carbocycles. The Labute approximate surface area is 120 Å². The number of benzene rings is 2. The van der Waals surface area contributed by atoms with E-state index in [9.17, 15) is 0 Å².